The van der Waals surface area contributed by atoms with Crippen molar-refractivity contribution in [2.24, 2.45) is 5.92 Å². The van der Waals surface area contributed by atoms with Crippen LogP contribution in [0.25, 0.3) is 0 Å². The topological polar surface area (TPSA) is 97.7 Å². The summed E-state index contributed by atoms with van der Waals surface area (Å²) in [6, 6.07) is 0. The second-order valence-corrected chi connectivity index (χ2v) is 6.55. The van der Waals surface area contributed by atoms with E-state index in [4.69, 9.17) is 19.6 Å². The maximum Gasteiger partial charge on any atom is 0.508 e. The number of carbonyl (C=O) groups excluding carboxylic acids is 2. The molecule has 2 heterocycles. The van der Waals surface area contributed by atoms with Crippen molar-refractivity contribution < 1.29 is 23.8 Å². The summed E-state index contributed by atoms with van der Waals surface area (Å²) < 4.78 is 15.9. The number of rotatable bonds is 6. The Labute approximate surface area is 142 Å². The zero-order valence-corrected chi connectivity index (χ0v) is 14.2. The van der Waals surface area contributed by atoms with Crippen LogP contribution in [-0.4, -0.2) is 42.8 Å². The summed E-state index contributed by atoms with van der Waals surface area (Å²) in [5.74, 6) is 0.162. The van der Waals surface area contributed by atoms with E-state index in [2.05, 4.69) is 5.32 Å². The fourth-order valence-electron chi connectivity index (χ4n) is 2.88. The molecule has 3 atom stereocenters. The van der Waals surface area contributed by atoms with Gasteiger partial charge in [0.25, 0.3) is 0 Å². The first-order valence-corrected chi connectivity index (χ1v) is 8.48. The maximum absolute atomic E-state index is 11.6. The zero-order valence-electron chi connectivity index (χ0n) is 14.2. The number of amidine groups is 1. The van der Waals surface area contributed by atoms with Gasteiger partial charge in [0.05, 0.1) is 18.3 Å². The Balaban J connectivity index is 1.66. The van der Waals surface area contributed by atoms with Gasteiger partial charge in [-0.2, -0.15) is 0 Å². The molecular weight excluding hydrogens is 312 g/mol. The monoisotopic (exact) mass is 338 g/mol. The fraction of sp³-hybridized carbons (Fsp3) is 0.706. The standard InChI is InChI=1S/C17H26N2O5/c1-11(2)23-17(21)22-10-14-7-6-13(24-14)5-3-12-4-8-15(18)19-16(20)9-12/h4,8,11-14H,3,5-7,9-10H2,1-2H3,(H2,18,19,20)/t12?,13-,14-/m0/s1. The molecule has 2 N–H and O–H groups in total. The molecule has 1 saturated heterocycles. The van der Waals surface area contributed by atoms with Gasteiger partial charge < -0.3 is 19.5 Å². The lowest BCUT2D eigenvalue weighted by atomic mass is 9.96. The minimum absolute atomic E-state index is 0.0872. The number of carbonyl (C=O) groups is 2. The van der Waals surface area contributed by atoms with Crippen LogP contribution in [-0.2, 0) is 19.0 Å². The van der Waals surface area contributed by atoms with Crippen molar-refractivity contribution >= 4 is 17.9 Å². The summed E-state index contributed by atoms with van der Waals surface area (Å²) in [6.07, 6.45) is 6.61. The van der Waals surface area contributed by atoms with Crippen LogP contribution < -0.4 is 5.32 Å². The van der Waals surface area contributed by atoms with Crippen LogP contribution >= 0.6 is 0 Å². The van der Waals surface area contributed by atoms with E-state index in [1.807, 2.05) is 6.08 Å². The van der Waals surface area contributed by atoms with Crippen molar-refractivity contribution in [3.05, 3.63) is 12.2 Å². The fourth-order valence-corrected chi connectivity index (χ4v) is 2.88. The zero-order chi connectivity index (χ0) is 17.5. The van der Waals surface area contributed by atoms with Crippen LogP contribution in [0.1, 0.15) is 46.0 Å². The Morgan fingerprint density at radius 3 is 2.88 bits per heavy atom. The summed E-state index contributed by atoms with van der Waals surface area (Å²) in [5, 5.41) is 10.0. The molecule has 1 amide bonds. The highest BCUT2D eigenvalue weighted by Gasteiger charge is 2.27. The maximum atomic E-state index is 11.6. The molecular formula is C17H26N2O5. The third-order valence-corrected chi connectivity index (χ3v) is 4.03. The van der Waals surface area contributed by atoms with E-state index in [1.54, 1.807) is 19.9 Å². The quantitative estimate of drug-likeness (QED) is 0.725. The van der Waals surface area contributed by atoms with Gasteiger partial charge in [0, 0.05) is 6.42 Å². The number of allylic oxidation sites excluding steroid dienone is 1. The first-order chi connectivity index (χ1) is 11.4. The lowest BCUT2D eigenvalue weighted by Crippen LogP contribution is -2.27. The highest BCUT2D eigenvalue weighted by Crippen LogP contribution is 2.26. The van der Waals surface area contributed by atoms with Gasteiger partial charge in [0.1, 0.15) is 12.4 Å². The number of hydrogen-bond acceptors (Lipinski definition) is 6. The smallest absolute Gasteiger partial charge is 0.432 e. The molecule has 0 aromatic rings. The Kier molecular flexibility index (Phi) is 6.78. The number of amides is 1. The van der Waals surface area contributed by atoms with E-state index < -0.39 is 6.16 Å². The third kappa shape index (κ3) is 6.31. The van der Waals surface area contributed by atoms with E-state index in [0.717, 1.165) is 25.7 Å². The summed E-state index contributed by atoms with van der Waals surface area (Å²) in [6.45, 7) is 3.75. The average molecular weight is 338 g/mol. The molecule has 2 aliphatic heterocycles. The van der Waals surface area contributed by atoms with Crippen LogP contribution in [0.3, 0.4) is 0 Å². The molecule has 0 radical (unpaired) electrons. The van der Waals surface area contributed by atoms with Gasteiger partial charge in [0.15, 0.2) is 0 Å². The van der Waals surface area contributed by atoms with Crippen LogP contribution in [0.2, 0.25) is 0 Å². The Hall–Kier alpha value is -1.89. The Bertz CT molecular complexity index is 503. The van der Waals surface area contributed by atoms with E-state index in [0.29, 0.717) is 6.42 Å². The predicted octanol–water partition coefficient (Wildman–Crippen LogP) is 2.55. The van der Waals surface area contributed by atoms with Gasteiger partial charge in [0.2, 0.25) is 5.91 Å². The molecule has 2 aliphatic rings. The molecule has 2 rings (SSSR count). The summed E-state index contributed by atoms with van der Waals surface area (Å²) in [4.78, 5) is 22.9. The van der Waals surface area contributed by atoms with Gasteiger partial charge in [-0.1, -0.05) is 6.08 Å². The highest BCUT2D eigenvalue weighted by molar-refractivity contribution is 6.03. The van der Waals surface area contributed by atoms with E-state index in [1.165, 1.54) is 0 Å². The van der Waals surface area contributed by atoms with E-state index in [-0.39, 0.29) is 42.6 Å². The lowest BCUT2D eigenvalue weighted by molar-refractivity contribution is -0.120. The Morgan fingerprint density at radius 2 is 2.12 bits per heavy atom. The minimum atomic E-state index is -0.658. The van der Waals surface area contributed by atoms with Crippen molar-refractivity contribution in [2.45, 2.75) is 64.3 Å². The summed E-state index contributed by atoms with van der Waals surface area (Å²) in [5.41, 5.74) is 0. The van der Waals surface area contributed by atoms with E-state index in [9.17, 15) is 9.59 Å². The van der Waals surface area contributed by atoms with Gasteiger partial charge >= 0.3 is 6.16 Å². The van der Waals surface area contributed by atoms with Crippen LogP contribution in [0.15, 0.2) is 12.2 Å². The van der Waals surface area contributed by atoms with Crippen molar-refractivity contribution in [2.75, 3.05) is 6.61 Å². The second kappa shape index (κ2) is 8.82. The number of nitrogens with one attached hydrogen (secondary N) is 2. The molecule has 0 aromatic carbocycles. The molecule has 7 nitrogen and oxygen atoms in total. The summed E-state index contributed by atoms with van der Waals surface area (Å²) in [7, 11) is 0. The molecule has 0 aromatic heterocycles. The molecule has 7 heteroatoms. The van der Waals surface area contributed by atoms with Crippen LogP contribution in [0, 0.1) is 11.3 Å². The van der Waals surface area contributed by atoms with Gasteiger partial charge in [-0.15, -0.1) is 0 Å². The minimum Gasteiger partial charge on any atom is -0.432 e. The number of ether oxygens (including phenoxy) is 3. The molecule has 0 saturated carbocycles. The second-order valence-electron chi connectivity index (χ2n) is 6.55. The first-order valence-electron chi connectivity index (χ1n) is 8.48. The SMILES string of the molecule is CC(C)OC(=O)OC[C@@H]1CC[C@H](CCC2C=CC(=N)NC(=O)C2)O1. The van der Waals surface area contributed by atoms with Crippen molar-refractivity contribution in [1.82, 2.24) is 5.32 Å². The van der Waals surface area contributed by atoms with Gasteiger partial charge in [-0.25, -0.2) is 4.79 Å². The molecule has 0 aliphatic carbocycles. The van der Waals surface area contributed by atoms with Gasteiger partial charge in [-0.3, -0.25) is 10.2 Å². The van der Waals surface area contributed by atoms with Crippen molar-refractivity contribution in [3.8, 4) is 0 Å². The lowest BCUT2D eigenvalue weighted by Gasteiger charge is -2.16. The average Bonchev–Trinajstić information content (AvgIpc) is 2.88. The predicted molar refractivity (Wildman–Crippen MR) is 87.8 cm³/mol. The molecule has 0 spiro atoms. The highest BCUT2D eigenvalue weighted by atomic mass is 16.7. The van der Waals surface area contributed by atoms with Gasteiger partial charge in [-0.05, 0) is 51.5 Å². The molecule has 1 fully saturated rings. The molecule has 134 valence electrons. The normalized spacial score (nSPS) is 27.0. The Morgan fingerprint density at radius 1 is 1.38 bits per heavy atom. The summed E-state index contributed by atoms with van der Waals surface area (Å²) >= 11 is 0. The first kappa shape index (κ1) is 18.4. The van der Waals surface area contributed by atoms with Crippen LogP contribution in [0.5, 0.6) is 0 Å². The number of hydrogen-bond donors (Lipinski definition) is 2. The molecule has 1 unspecified atom stereocenters. The molecule has 24 heavy (non-hydrogen) atoms. The van der Waals surface area contributed by atoms with Crippen molar-refractivity contribution in [1.29, 1.82) is 5.41 Å². The van der Waals surface area contributed by atoms with Crippen LogP contribution in [0.4, 0.5) is 4.79 Å². The van der Waals surface area contributed by atoms with Crippen molar-refractivity contribution in [3.63, 3.8) is 0 Å². The third-order valence-electron chi connectivity index (χ3n) is 4.03. The largest absolute Gasteiger partial charge is 0.508 e. The molecule has 0 bridgehead atoms. The van der Waals surface area contributed by atoms with E-state index >= 15 is 0 Å².